The number of nitrogens with zero attached hydrogens (tertiary/aromatic N) is 2. The predicted octanol–water partition coefficient (Wildman–Crippen LogP) is 3.30. The number of benzene rings is 1. The molecule has 1 aromatic heterocycles. The first-order valence-electron chi connectivity index (χ1n) is 6.74. The largest absolute Gasteiger partial charge is 0.461 e. The maximum Gasteiger partial charge on any atom is 0.359 e. The Bertz CT molecular complexity index is 664. The summed E-state index contributed by atoms with van der Waals surface area (Å²) < 4.78 is 7.97. The summed E-state index contributed by atoms with van der Waals surface area (Å²) >= 11 is 3.47. The fourth-order valence-electron chi connectivity index (χ4n) is 2.62. The zero-order valence-corrected chi connectivity index (χ0v) is 12.8. The normalized spacial score (nSPS) is 13.3. The lowest BCUT2D eigenvalue weighted by Gasteiger charge is -2.05. The van der Waals surface area contributed by atoms with E-state index in [-0.39, 0.29) is 5.97 Å². The minimum Gasteiger partial charge on any atom is -0.461 e. The number of carbonyl (C=O) groups excluding carboxylic acids is 1. The molecular formula is C15H15BrN2O2. The van der Waals surface area contributed by atoms with E-state index < -0.39 is 0 Å². The first-order chi connectivity index (χ1) is 9.70. The Balaban J connectivity index is 2.09. The number of fused-ring (bicyclic) bond motifs is 1. The number of aromatic nitrogens is 2. The van der Waals surface area contributed by atoms with Crippen LogP contribution >= 0.6 is 15.9 Å². The van der Waals surface area contributed by atoms with Gasteiger partial charge in [-0.1, -0.05) is 22.0 Å². The van der Waals surface area contributed by atoms with Gasteiger partial charge in [0.25, 0.3) is 0 Å². The van der Waals surface area contributed by atoms with Gasteiger partial charge >= 0.3 is 5.97 Å². The molecule has 0 unspecified atom stereocenters. The van der Waals surface area contributed by atoms with Crippen LogP contribution < -0.4 is 0 Å². The van der Waals surface area contributed by atoms with Gasteiger partial charge in [0.2, 0.25) is 0 Å². The van der Waals surface area contributed by atoms with Crippen LogP contribution in [0.2, 0.25) is 0 Å². The van der Waals surface area contributed by atoms with Gasteiger partial charge in [-0.2, -0.15) is 5.10 Å². The van der Waals surface area contributed by atoms with Crippen molar-refractivity contribution in [1.29, 1.82) is 0 Å². The summed E-state index contributed by atoms with van der Waals surface area (Å²) in [4.78, 5) is 12.0. The van der Waals surface area contributed by atoms with Crippen LogP contribution in [0.15, 0.2) is 28.7 Å². The second-order valence-electron chi connectivity index (χ2n) is 4.74. The SMILES string of the molecule is CCOC(=O)c1nn(-c2cccc(Br)c2)c2c1CCC2. The number of esters is 1. The van der Waals surface area contributed by atoms with E-state index in [9.17, 15) is 4.79 Å². The van der Waals surface area contributed by atoms with E-state index >= 15 is 0 Å². The van der Waals surface area contributed by atoms with Gasteiger partial charge in [-0.15, -0.1) is 0 Å². The monoisotopic (exact) mass is 334 g/mol. The number of ether oxygens (including phenoxy) is 1. The molecule has 0 N–H and O–H groups in total. The molecule has 20 heavy (non-hydrogen) atoms. The number of hydrogen-bond donors (Lipinski definition) is 0. The zero-order valence-electron chi connectivity index (χ0n) is 11.2. The molecule has 0 atom stereocenters. The Kier molecular flexibility index (Phi) is 3.61. The molecule has 1 heterocycles. The highest BCUT2D eigenvalue weighted by molar-refractivity contribution is 9.10. The molecule has 5 heteroatoms. The molecule has 104 valence electrons. The Morgan fingerprint density at radius 1 is 1.45 bits per heavy atom. The minimum absolute atomic E-state index is 0.320. The molecule has 1 aliphatic carbocycles. The van der Waals surface area contributed by atoms with Crippen LogP contribution in [-0.4, -0.2) is 22.4 Å². The van der Waals surface area contributed by atoms with Gasteiger partial charge in [0.1, 0.15) is 0 Å². The van der Waals surface area contributed by atoms with Gasteiger partial charge in [0, 0.05) is 15.7 Å². The Hall–Kier alpha value is -1.62. The van der Waals surface area contributed by atoms with E-state index in [0.29, 0.717) is 12.3 Å². The molecule has 4 nitrogen and oxygen atoms in total. The second-order valence-corrected chi connectivity index (χ2v) is 5.66. The standard InChI is InChI=1S/C15H15BrN2O2/c1-2-20-15(19)14-12-7-4-8-13(12)18(17-14)11-6-3-5-10(16)9-11/h3,5-6,9H,2,4,7-8H2,1H3. The van der Waals surface area contributed by atoms with Crippen molar-refractivity contribution in [2.24, 2.45) is 0 Å². The van der Waals surface area contributed by atoms with Crippen LogP contribution in [0, 0.1) is 0 Å². The number of carbonyl (C=O) groups is 1. The average molecular weight is 335 g/mol. The molecule has 0 aliphatic heterocycles. The van der Waals surface area contributed by atoms with Gasteiger partial charge in [-0.25, -0.2) is 9.48 Å². The zero-order chi connectivity index (χ0) is 14.1. The van der Waals surface area contributed by atoms with Crippen molar-refractivity contribution >= 4 is 21.9 Å². The fourth-order valence-corrected chi connectivity index (χ4v) is 3.01. The topological polar surface area (TPSA) is 44.1 Å². The Morgan fingerprint density at radius 2 is 2.30 bits per heavy atom. The van der Waals surface area contributed by atoms with Crippen molar-refractivity contribution < 1.29 is 9.53 Å². The number of hydrogen-bond acceptors (Lipinski definition) is 3. The summed E-state index contributed by atoms with van der Waals surface area (Å²) in [7, 11) is 0. The van der Waals surface area contributed by atoms with Crippen molar-refractivity contribution in [3.63, 3.8) is 0 Å². The first kappa shape index (κ1) is 13.4. The molecule has 0 saturated heterocycles. The summed E-state index contributed by atoms with van der Waals surface area (Å²) in [6, 6.07) is 7.93. The molecule has 3 rings (SSSR count). The summed E-state index contributed by atoms with van der Waals surface area (Å²) in [6.07, 6.45) is 2.92. The van der Waals surface area contributed by atoms with Crippen molar-refractivity contribution in [2.75, 3.05) is 6.61 Å². The third-order valence-corrected chi connectivity index (χ3v) is 3.95. The Labute approximate surface area is 125 Å². The molecule has 1 aliphatic rings. The lowest BCUT2D eigenvalue weighted by atomic mass is 10.2. The maximum absolute atomic E-state index is 12.0. The second kappa shape index (κ2) is 5.40. The molecule has 0 spiro atoms. The van der Waals surface area contributed by atoms with Crippen LogP contribution in [0.5, 0.6) is 0 Å². The number of rotatable bonds is 3. The predicted molar refractivity (Wildman–Crippen MR) is 79.2 cm³/mol. The van der Waals surface area contributed by atoms with E-state index in [2.05, 4.69) is 21.0 Å². The van der Waals surface area contributed by atoms with Gasteiger partial charge in [-0.3, -0.25) is 0 Å². The van der Waals surface area contributed by atoms with Gasteiger partial charge in [0.05, 0.1) is 12.3 Å². The van der Waals surface area contributed by atoms with Crippen molar-refractivity contribution in [1.82, 2.24) is 9.78 Å². The molecule has 0 radical (unpaired) electrons. The molecular weight excluding hydrogens is 320 g/mol. The summed E-state index contributed by atoms with van der Waals surface area (Å²) in [6.45, 7) is 2.18. The van der Waals surface area contributed by atoms with Gasteiger partial charge < -0.3 is 4.74 Å². The lowest BCUT2D eigenvalue weighted by molar-refractivity contribution is 0.0517. The van der Waals surface area contributed by atoms with Crippen LogP contribution in [0.25, 0.3) is 5.69 Å². The minimum atomic E-state index is -0.320. The van der Waals surface area contributed by atoms with E-state index in [0.717, 1.165) is 40.7 Å². The van der Waals surface area contributed by atoms with Crippen LogP contribution in [0.1, 0.15) is 35.1 Å². The highest BCUT2D eigenvalue weighted by atomic mass is 79.9. The van der Waals surface area contributed by atoms with E-state index in [1.165, 1.54) is 0 Å². The van der Waals surface area contributed by atoms with Crippen LogP contribution in [0.3, 0.4) is 0 Å². The van der Waals surface area contributed by atoms with E-state index in [1.54, 1.807) is 0 Å². The summed E-state index contributed by atoms with van der Waals surface area (Å²) in [5, 5.41) is 4.48. The highest BCUT2D eigenvalue weighted by Crippen LogP contribution is 2.28. The molecule has 0 amide bonds. The van der Waals surface area contributed by atoms with Crippen LogP contribution in [-0.2, 0) is 17.6 Å². The smallest absolute Gasteiger partial charge is 0.359 e. The van der Waals surface area contributed by atoms with E-state index in [1.807, 2.05) is 35.9 Å². The van der Waals surface area contributed by atoms with Gasteiger partial charge in [0.15, 0.2) is 5.69 Å². The quantitative estimate of drug-likeness (QED) is 0.809. The average Bonchev–Trinajstić information content (AvgIpc) is 3.00. The number of halogens is 1. The van der Waals surface area contributed by atoms with E-state index in [4.69, 9.17) is 4.74 Å². The summed E-state index contributed by atoms with van der Waals surface area (Å²) in [5.74, 6) is -0.320. The van der Waals surface area contributed by atoms with Crippen molar-refractivity contribution in [2.45, 2.75) is 26.2 Å². The van der Waals surface area contributed by atoms with Crippen molar-refractivity contribution in [3.05, 3.63) is 45.7 Å². The Morgan fingerprint density at radius 3 is 3.05 bits per heavy atom. The first-order valence-corrected chi connectivity index (χ1v) is 7.54. The highest BCUT2D eigenvalue weighted by Gasteiger charge is 2.27. The molecule has 0 saturated carbocycles. The molecule has 0 fully saturated rings. The molecule has 2 aromatic rings. The molecule has 0 bridgehead atoms. The van der Waals surface area contributed by atoms with Gasteiger partial charge in [-0.05, 0) is 44.4 Å². The van der Waals surface area contributed by atoms with Crippen LogP contribution in [0.4, 0.5) is 0 Å². The third kappa shape index (κ3) is 2.26. The third-order valence-electron chi connectivity index (χ3n) is 3.45. The maximum atomic E-state index is 12.0. The lowest BCUT2D eigenvalue weighted by Crippen LogP contribution is -2.09. The van der Waals surface area contributed by atoms with Crippen molar-refractivity contribution in [3.8, 4) is 5.69 Å². The molecule has 1 aromatic carbocycles. The fraction of sp³-hybridized carbons (Fsp3) is 0.333. The summed E-state index contributed by atoms with van der Waals surface area (Å²) in [5.41, 5.74) is 3.61.